The maximum atomic E-state index is 13.8. The highest BCUT2D eigenvalue weighted by Gasteiger charge is 2.33. The van der Waals surface area contributed by atoms with E-state index in [9.17, 15) is 4.79 Å². The van der Waals surface area contributed by atoms with Crippen LogP contribution in [0.15, 0.2) is 83.9 Å². The first-order chi connectivity index (χ1) is 18.7. The van der Waals surface area contributed by atoms with Gasteiger partial charge in [0.25, 0.3) is 5.56 Å². The van der Waals surface area contributed by atoms with Crippen LogP contribution in [0.5, 0.6) is 0 Å². The van der Waals surface area contributed by atoms with E-state index < -0.39 is 6.04 Å². The molecule has 0 amide bonds. The Labute approximate surface area is 221 Å². The predicted molar refractivity (Wildman–Crippen MR) is 146 cm³/mol. The molecule has 1 fully saturated rings. The van der Waals surface area contributed by atoms with Gasteiger partial charge in [0.1, 0.15) is 6.04 Å². The van der Waals surface area contributed by atoms with Gasteiger partial charge in [-0.15, -0.1) is 5.10 Å². The molecule has 0 aliphatic heterocycles. The summed E-state index contributed by atoms with van der Waals surface area (Å²) in [5.74, 6) is 0.703. The van der Waals surface area contributed by atoms with Crippen LogP contribution in [0.2, 0.25) is 0 Å². The Bertz CT molecular complexity index is 1530. The summed E-state index contributed by atoms with van der Waals surface area (Å²) in [4.78, 5) is 23.6. The topological polar surface area (TPSA) is 92.6 Å². The van der Waals surface area contributed by atoms with Crippen LogP contribution in [0, 0.1) is 6.92 Å². The molecule has 1 aliphatic rings. The van der Waals surface area contributed by atoms with E-state index in [4.69, 9.17) is 0 Å². The molecule has 2 aromatic carbocycles. The van der Waals surface area contributed by atoms with Crippen LogP contribution in [-0.4, -0.2) is 35.1 Å². The van der Waals surface area contributed by atoms with Crippen molar-refractivity contribution in [3.8, 4) is 0 Å². The van der Waals surface area contributed by atoms with Crippen LogP contribution in [0.1, 0.15) is 65.8 Å². The Hall–Kier alpha value is -4.17. The molecule has 0 saturated heterocycles. The van der Waals surface area contributed by atoms with Gasteiger partial charge in [-0.25, -0.2) is 4.68 Å². The summed E-state index contributed by atoms with van der Waals surface area (Å²) >= 11 is 0. The van der Waals surface area contributed by atoms with Crippen LogP contribution < -0.4 is 5.56 Å². The van der Waals surface area contributed by atoms with Crippen molar-refractivity contribution in [2.45, 2.75) is 57.8 Å². The number of aryl methyl sites for hydroxylation is 1. The molecule has 5 aromatic rings. The van der Waals surface area contributed by atoms with Crippen molar-refractivity contribution in [2.75, 3.05) is 0 Å². The number of fused-ring (bicyclic) bond motifs is 1. The number of rotatable bonds is 8. The Morgan fingerprint density at radius 2 is 1.79 bits per heavy atom. The molecular formula is C30H31N7O. The second-order valence-electron chi connectivity index (χ2n) is 10.2. The summed E-state index contributed by atoms with van der Waals surface area (Å²) in [5.41, 5.74) is 4.61. The fraction of sp³-hybridized carbons (Fsp3) is 0.300. The summed E-state index contributed by atoms with van der Waals surface area (Å²) in [6, 6.07) is 22.2. The Morgan fingerprint density at radius 1 is 1.00 bits per heavy atom. The molecule has 1 saturated carbocycles. The molecular weight excluding hydrogens is 474 g/mol. The smallest absolute Gasteiger partial charge is 0.253 e. The minimum absolute atomic E-state index is 0.123. The van der Waals surface area contributed by atoms with Crippen molar-refractivity contribution >= 4 is 10.9 Å². The van der Waals surface area contributed by atoms with Gasteiger partial charge in [0.2, 0.25) is 0 Å². The predicted octanol–water partition coefficient (Wildman–Crippen LogP) is 5.12. The fourth-order valence-electron chi connectivity index (χ4n) is 5.67. The summed E-state index contributed by atoms with van der Waals surface area (Å²) < 4.78 is 1.97. The number of benzene rings is 2. The lowest BCUT2D eigenvalue weighted by Gasteiger charge is -2.32. The quantitative estimate of drug-likeness (QED) is 0.315. The zero-order valence-corrected chi connectivity index (χ0v) is 21.5. The van der Waals surface area contributed by atoms with Gasteiger partial charge in [-0.05, 0) is 64.4 Å². The molecule has 1 N–H and O–H groups in total. The van der Waals surface area contributed by atoms with Crippen molar-refractivity contribution < 1.29 is 0 Å². The summed E-state index contributed by atoms with van der Waals surface area (Å²) in [6.45, 7) is 3.21. The molecule has 192 valence electrons. The van der Waals surface area contributed by atoms with Crippen LogP contribution in [0.25, 0.3) is 10.9 Å². The first kappa shape index (κ1) is 24.2. The lowest BCUT2D eigenvalue weighted by molar-refractivity contribution is 0.190. The van der Waals surface area contributed by atoms with Crippen molar-refractivity contribution in [1.82, 2.24) is 35.1 Å². The summed E-state index contributed by atoms with van der Waals surface area (Å²) in [6.07, 6.45) is 8.06. The highest BCUT2D eigenvalue weighted by molar-refractivity contribution is 5.82. The lowest BCUT2D eigenvalue weighted by atomic mass is 10.0. The van der Waals surface area contributed by atoms with Crippen molar-refractivity contribution in [1.29, 1.82) is 0 Å². The van der Waals surface area contributed by atoms with Crippen LogP contribution in [0.3, 0.4) is 0 Å². The summed E-state index contributed by atoms with van der Waals surface area (Å²) in [7, 11) is 0. The molecule has 3 aromatic heterocycles. The standard InChI is InChI=1S/C30H31N7O/c1-21-9-7-13-24-17-26(30(38)32-27(21)24)28(29-33-34-35-37(29)25-14-5-6-15-25)36(19-22-10-3-2-4-11-22)20-23-12-8-16-31-18-23/h2-4,7-13,16-18,25,28H,5-6,14-15,19-20H2,1H3,(H,32,38)/t28-/m0/s1. The molecule has 0 spiro atoms. The molecule has 8 nitrogen and oxygen atoms in total. The van der Waals surface area contributed by atoms with Crippen LogP contribution >= 0.6 is 0 Å². The third-order valence-corrected chi connectivity index (χ3v) is 7.55. The fourth-order valence-corrected chi connectivity index (χ4v) is 5.67. The number of aromatic amines is 1. The van der Waals surface area contributed by atoms with E-state index in [0.717, 1.165) is 53.3 Å². The minimum Gasteiger partial charge on any atom is -0.321 e. The second kappa shape index (κ2) is 10.7. The van der Waals surface area contributed by atoms with Crippen molar-refractivity contribution in [3.63, 3.8) is 0 Å². The first-order valence-electron chi connectivity index (χ1n) is 13.2. The maximum Gasteiger partial charge on any atom is 0.253 e. The number of nitrogens with zero attached hydrogens (tertiary/aromatic N) is 6. The van der Waals surface area contributed by atoms with E-state index >= 15 is 0 Å². The van der Waals surface area contributed by atoms with Crippen LogP contribution in [0.4, 0.5) is 0 Å². The number of pyridine rings is 2. The number of aromatic nitrogens is 6. The largest absolute Gasteiger partial charge is 0.321 e. The van der Waals surface area contributed by atoms with E-state index in [-0.39, 0.29) is 11.6 Å². The van der Waals surface area contributed by atoms with Gasteiger partial charge in [-0.3, -0.25) is 14.7 Å². The normalized spacial score (nSPS) is 14.9. The number of para-hydroxylation sites is 1. The highest BCUT2D eigenvalue weighted by atomic mass is 16.1. The van der Waals surface area contributed by atoms with Crippen molar-refractivity contribution in [3.05, 3.63) is 118 Å². The molecule has 38 heavy (non-hydrogen) atoms. The van der Waals surface area contributed by atoms with E-state index in [1.54, 1.807) is 6.20 Å². The van der Waals surface area contributed by atoms with Crippen molar-refractivity contribution in [2.24, 2.45) is 0 Å². The van der Waals surface area contributed by atoms with Gasteiger partial charge < -0.3 is 4.98 Å². The van der Waals surface area contributed by atoms with E-state index in [1.807, 2.05) is 66.3 Å². The number of hydrogen-bond acceptors (Lipinski definition) is 6. The third kappa shape index (κ3) is 4.87. The SMILES string of the molecule is Cc1cccc2cc([C@@H](c3nnnn3C3CCCC3)N(Cc3ccccc3)Cc3cccnc3)c(=O)[nH]c12. The molecule has 0 unspecified atom stereocenters. The molecule has 0 bridgehead atoms. The van der Waals surface area contributed by atoms with Gasteiger partial charge >= 0.3 is 0 Å². The van der Waals surface area contributed by atoms with Gasteiger partial charge in [0.15, 0.2) is 5.82 Å². The Morgan fingerprint density at radius 3 is 2.58 bits per heavy atom. The molecule has 0 radical (unpaired) electrons. The Balaban J connectivity index is 1.54. The number of hydrogen-bond donors (Lipinski definition) is 1. The highest BCUT2D eigenvalue weighted by Crippen LogP contribution is 2.35. The third-order valence-electron chi connectivity index (χ3n) is 7.55. The number of tetrazole rings is 1. The number of H-pyrrole nitrogens is 1. The average molecular weight is 506 g/mol. The zero-order chi connectivity index (χ0) is 25.9. The summed E-state index contributed by atoms with van der Waals surface area (Å²) in [5, 5.41) is 14.1. The monoisotopic (exact) mass is 505 g/mol. The van der Waals surface area contributed by atoms with E-state index in [2.05, 4.69) is 48.6 Å². The average Bonchev–Trinajstić information content (AvgIpc) is 3.64. The minimum atomic E-state index is -0.459. The van der Waals surface area contributed by atoms with Gasteiger partial charge in [-0.1, -0.05) is 67.4 Å². The molecule has 1 atom stereocenters. The number of nitrogens with one attached hydrogen (secondary N) is 1. The maximum absolute atomic E-state index is 13.8. The zero-order valence-electron chi connectivity index (χ0n) is 21.5. The van der Waals surface area contributed by atoms with Gasteiger partial charge in [0, 0.05) is 31.0 Å². The molecule has 3 heterocycles. The lowest BCUT2D eigenvalue weighted by Crippen LogP contribution is -2.35. The Kier molecular flexibility index (Phi) is 6.79. The molecule has 8 heteroatoms. The van der Waals surface area contributed by atoms with Crippen LogP contribution in [-0.2, 0) is 13.1 Å². The second-order valence-corrected chi connectivity index (χ2v) is 10.2. The van der Waals surface area contributed by atoms with Gasteiger partial charge in [0.05, 0.1) is 11.6 Å². The van der Waals surface area contributed by atoms with E-state index in [0.29, 0.717) is 24.5 Å². The molecule has 1 aliphatic carbocycles. The van der Waals surface area contributed by atoms with E-state index in [1.165, 1.54) is 0 Å². The molecule has 6 rings (SSSR count). The first-order valence-corrected chi connectivity index (χ1v) is 13.2. The van der Waals surface area contributed by atoms with Gasteiger partial charge in [-0.2, -0.15) is 0 Å².